The summed E-state index contributed by atoms with van der Waals surface area (Å²) >= 11 is 0. The van der Waals surface area contributed by atoms with Crippen LogP contribution in [0.2, 0.25) is 0 Å². The Labute approximate surface area is 138 Å². The molecule has 0 aliphatic heterocycles. The third-order valence-electron chi connectivity index (χ3n) is 4.44. The molecule has 2 heterocycles. The maximum Gasteiger partial charge on any atom is 0.245 e. The van der Waals surface area contributed by atoms with Gasteiger partial charge in [0, 0.05) is 12.8 Å². The first kappa shape index (κ1) is 15.0. The lowest BCUT2D eigenvalue weighted by Gasteiger charge is -2.13. The van der Waals surface area contributed by atoms with Crippen LogP contribution in [0, 0.1) is 11.6 Å². The summed E-state index contributed by atoms with van der Waals surface area (Å²) in [5.74, 6) is 0.891. The number of nitrogens with zero attached hydrogens (tertiary/aromatic N) is 2. The quantitative estimate of drug-likeness (QED) is 0.642. The standard InChI is InChI=1S/C19H16F2N2O/c20-14-5-1-3-12(9-14)13-4-2-6-18-17(10-13)23-19(24-18)16-8-7-15(21)11-22-16/h1,3,5,7-9,11,13H,2,4,6,10H2. The van der Waals surface area contributed by atoms with Crippen molar-refractivity contribution in [3.05, 3.63) is 71.2 Å². The molecule has 1 aliphatic rings. The number of halogens is 2. The monoisotopic (exact) mass is 326 g/mol. The molecular weight excluding hydrogens is 310 g/mol. The van der Waals surface area contributed by atoms with Gasteiger partial charge in [-0.3, -0.25) is 0 Å². The van der Waals surface area contributed by atoms with Crippen molar-refractivity contribution >= 4 is 0 Å². The van der Waals surface area contributed by atoms with Crippen molar-refractivity contribution in [2.24, 2.45) is 0 Å². The van der Waals surface area contributed by atoms with E-state index in [0.29, 0.717) is 18.0 Å². The average Bonchev–Trinajstić information content (AvgIpc) is 2.87. The lowest BCUT2D eigenvalue weighted by molar-refractivity contribution is 0.504. The predicted octanol–water partition coefficient (Wildman–Crippen LogP) is 4.68. The minimum atomic E-state index is -0.391. The fourth-order valence-corrected chi connectivity index (χ4v) is 3.24. The molecule has 1 aliphatic carbocycles. The Hall–Kier alpha value is -2.56. The van der Waals surface area contributed by atoms with Crippen LogP contribution >= 0.6 is 0 Å². The van der Waals surface area contributed by atoms with Gasteiger partial charge in [0.25, 0.3) is 0 Å². The normalized spacial score (nSPS) is 17.3. The number of fused-ring (bicyclic) bond motifs is 1. The Morgan fingerprint density at radius 3 is 2.79 bits per heavy atom. The third kappa shape index (κ3) is 2.94. The highest BCUT2D eigenvalue weighted by atomic mass is 19.1. The summed E-state index contributed by atoms with van der Waals surface area (Å²) in [5.41, 5.74) is 2.40. The molecule has 5 heteroatoms. The first-order chi connectivity index (χ1) is 11.7. The van der Waals surface area contributed by atoms with Gasteiger partial charge >= 0.3 is 0 Å². The SMILES string of the molecule is Fc1ccc(-c2nc3c(o2)CCCC(c2cccc(F)c2)C3)nc1. The summed E-state index contributed by atoms with van der Waals surface area (Å²) in [6, 6.07) is 9.66. The number of pyridine rings is 1. The fourth-order valence-electron chi connectivity index (χ4n) is 3.24. The van der Waals surface area contributed by atoms with Crippen molar-refractivity contribution < 1.29 is 13.2 Å². The highest BCUT2D eigenvalue weighted by Crippen LogP contribution is 2.33. The first-order valence-electron chi connectivity index (χ1n) is 8.05. The van der Waals surface area contributed by atoms with Crippen molar-refractivity contribution in [1.29, 1.82) is 0 Å². The lowest BCUT2D eigenvalue weighted by Crippen LogP contribution is -2.02. The van der Waals surface area contributed by atoms with Crippen LogP contribution in [0.4, 0.5) is 8.78 Å². The Bertz CT molecular complexity index is 858. The molecule has 2 aromatic heterocycles. The summed E-state index contributed by atoms with van der Waals surface area (Å²) in [6.45, 7) is 0. The van der Waals surface area contributed by atoms with Gasteiger partial charge in [0.05, 0.1) is 11.9 Å². The van der Waals surface area contributed by atoms with Crippen molar-refractivity contribution in [1.82, 2.24) is 9.97 Å². The van der Waals surface area contributed by atoms with E-state index in [4.69, 9.17) is 4.42 Å². The minimum Gasteiger partial charge on any atom is -0.440 e. The largest absolute Gasteiger partial charge is 0.440 e. The van der Waals surface area contributed by atoms with Gasteiger partial charge in [-0.2, -0.15) is 0 Å². The molecule has 1 aromatic carbocycles. The Morgan fingerprint density at radius 1 is 1.08 bits per heavy atom. The summed E-state index contributed by atoms with van der Waals surface area (Å²) in [5, 5.41) is 0. The maximum atomic E-state index is 13.5. The third-order valence-corrected chi connectivity index (χ3v) is 4.44. The molecule has 0 fully saturated rings. The zero-order valence-electron chi connectivity index (χ0n) is 13.0. The summed E-state index contributed by atoms with van der Waals surface area (Å²) in [6.07, 6.45) is 4.60. The molecule has 3 nitrogen and oxygen atoms in total. The number of oxazole rings is 1. The van der Waals surface area contributed by atoms with Gasteiger partial charge in [-0.1, -0.05) is 12.1 Å². The van der Waals surface area contributed by atoms with E-state index >= 15 is 0 Å². The van der Waals surface area contributed by atoms with Crippen LogP contribution in [0.15, 0.2) is 47.0 Å². The Morgan fingerprint density at radius 2 is 2.00 bits per heavy atom. The molecule has 3 aromatic rings. The molecule has 4 rings (SSSR count). The van der Waals surface area contributed by atoms with Crippen molar-refractivity contribution in [2.75, 3.05) is 0 Å². The number of aryl methyl sites for hydroxylation is 1. The second-order valence-corrected chi connectivity index (χ2v) is 6.10. The van der Waals surface area contributed by atoms with Crippen LogP contribution in [-0.4, -0.2) is 9.97 Å². The van der Waals surface area contributed by atoms with Crippen LogP contribution in [0.5, 0.6) is 0 Å². The second kappa shape index (κ2) is 6.15. The minimum absolute atomic E-state index is 0.215. The van der Waals surface area contributed by atoms with Gasteiger partial charge in [-0.05, 0) is 48.6 Å². The first-order valence-corrected chi connectivity index (χ1v) is 8.05. The Kier molecular flexibility index (Phi) is 3.84. The average molecular weight is 326 g/mol. The van der Waals surface area contributed by atoms with E-state index < -0.39 is 5.82 Å². The van der Waals surface area contributed by atoms with E-state index in [0.717, 1.165) is 42.5 Å². The molecule has 0 N–H and O–H groups in total. The molecule has 1 atom stereocenters. The van der Waals surface area contributed by atoms with Gasteiger partial charge in [0.15, 0.2) is 0 Å². The van der Waals surface area contributed by atoms with Gasteiger partial charge in [-0.15, -0.1) is 0 Å². The van der Waals surface area contributed by atoms with Gasteiger partial charge in [0.1, 0.15) is 23.1 Å². The molecule has 0 amide bonds. The van der Waals surface area contributed by atoms with Gasteiger partial charge in [0.2, 0.25) is 5.89 Å². The van der Waals surface area contributed by atoms with Crippen LogP contribution < -0.4 is 0 Å². The molecule has 0 saturated heterocycles. The lowest BCUT2D eigenvalue weighted by atomic mass is 9.91. The number of hydrogen-bond acceptors (Lipinski definition) is 3. The fraction of sp³-hybridized carbons (Fsp3) is 0.263. The van der Waals surface area contributed by atoms with Crippen LogP contribution in [0.25, 0.3) is 11.6 Å². The number of hydrogen-bond donors (Lipinski definition) is 0. The Balaban J connectivity index is 1.64. The van der Waals surface area contributed by atoms with Crippen LogP contribution in [0.3, 0.4) is 0 Å². The smallest absolute Gasteiger partial charge is 0.245 e. The van der Waals surface area contributed by atoms with E-state index in [1.807, 2.05) is 6.07 Å². The van der Waals surface area contributed by atoms with Crippen molar-refractivity contribution in [3.63, 3.8) is 0 Å². The predicted molar refractivity (Wildman–Crippen MR) is 85.5 cm³/mol. The van der Waals surface area contributed by atoms with Crippen LogP contribution in [-0.2, 0) is 12.8 Å². The van der Waals surface area contributed by atoms with Crippen LogP contribution in [0.1, 0.15) is 35.8 Å². The number of rotatable bonds is 2. The van der Waals surface area contributed by atoms with E-state index in [1.165, 1.54) is 12.1 Å². The summed E-state index contributed by atoms with van der Waals surface area (Å²) in [4.78, 5) is 8.59. The second-order valence-electron chi connectivity index (χ2n) is 6.10. The van der Waals surface area contributed by atoms with E-state index in [-0.39, 0.29) is 11.7 Å². The highest BCUT2D eigenvalue weighted by molar-refractivity contribution is 5.47. The highest BCUT2D eigenvalue weighted by Gasteiger charge is 2.24. The van der Waals surface area contributed by atoms with Crippen molar-refractivity contribution in [3.8, 4) is 11.6 Å². The molecule has 1 unspecified atom stereocenters. The zero-order valence-corrected chi connectivity index (χ0v) is 13.0. The molecule has 0 bridgehead atoms. The maximum absolute atomic E-state index is 13.5. The van der Waals surface area contributed by atoms with E-state index in [2.05, 4.69) is 9.97 Å². The number of aromatic nitrogens is 2. The van der Waals surface area contributed by atoms with Gasteiger partial charge in [-0.25, -0.2) is 18.7 Å². The molecule has 0 saturated carbocycles. The van der Waals surface area contributed by atoms with Crippen molar-refractivity contribution in [2.45, 2.75) is 31.6 Å². The van der Waals surface area contributed by atoms with E-state index in [9.17, 15) is 8.78 Å². The summed E-state index contributed by atoms with van der Waals surface area (Å²) in [7, 11) is 0. The molecular formula is C19H16F2N2O. The summed E-state index contributed by atoms with van der Waals surface area (Å²) < 4.78 is 32.4. The molecule has 122 valence electrons. The zero-order chi connectivity index (χ0) is 16.5. The number of benzene rings is 1. The topological polar surface area (TPSA) is 38.9 Å². The molecule has 0 radical (unpaired) electrons. The molecule has 24 heavy (non-hydrogen) atoms. The van der Waals surface area contributed by atoms with E-state index in [1.54, 1.807) is 18.2 Å². The molecule has 0 spiro atoms. The van der Waals surface area contributed by atoms with Gasteiger partial charge < -0.3 is 4.42 Å².